The fourth-order valence-corrected chi connectivity index (χ4v) is 2.25. The number of hydrogen-bond acceptors (Lipinski definition) is 4. The Labute approximate surface area is 137 Å². The summed E-state index contributed by atoms with van der Waals surface area (Å²) in [4.78, 5) is 24.0. The molecule has 1 rings (SSSR count). The summed E-state index contributed by atoms with van der Waals surface area (Å²) in [6.07, 6.45) is 2.69. The van der Waals surface area contributed by atoms with Crippen molar-refractivity contribution in [3.05, 3.63) is 16.6 Å². The first-order valence-corrected chi connectivity index (χ1v) is 8.36. The zero-order valence-corrected chi connectivity index (χ0v) is 15.0. The molecule has 0 fully saturated rings. The summed E-state index contributed by atoms with van der Waals surface area (Å²) in [5, 5.41) is 6.43. The van der Waals surface area contributed by atoms with E-state index in [0.29, 0.717) is 5.92 Å². The van der Waals surface area contributed by atoms with Crippen molar-refractivity contribution in [2.45, 2.75) is 20.3 Å². The van der Waals surface area contributed by atoms with E-state index in [1.807, 2.05) is 23.5 Å². The molecule has 0 aromatic carbocycles. The molecular formula is C15H27N5OS. The number of aromatic nitrogens is 1. The predicted molar refractivity (Wildman–Crippen MR) is 92.3 cm³/mol. The van der Waals surface area contributed by atoms with Crippen LogP contribution >= 0.6 is 11.3 Å². The van der Waals surface area contributed by atoms with Gasteiger partial charge in [-0.1, -0.05) is 13.8 Å². The molecule has 1 aromatic rings. The maximum atomic E-state index is 11.7. The molecule has 1 N–H and O–H groups in total. The highest BCUT2D eigenvalue weighted by Crippen LogP contribution is 2.05. The number of carbonyl (C=O) groups excluding carboxylic acids is 1. The third kappa shape index (κ3) is 6.89. The van der Waals surface area contributed by atoms with E-state index in [1.54, 1.807) is 30.3 Å². The van der Waals surface area contributed by atoms with Crippen molar-refractivity contribution >= 4 is 23.2 Å². The number of rotatable bonds is 7. The van der Waals surface area contributed by atoms with E-state index < -0.39 is 0 Å². The van der Waals surface area contributed by atoms with Crippen molar-refractivity contribution in [3.63, 3.8) is 0 Å². The second-order valence-corrected chi connectivity index (χ2v) is 6.78. The maximum Gasteiger partial charge on any atom is 0.243 e. The summed E-state index contributed by atoms with van der Waals surface area (Å²) >= 11 is 1.66. The third-order valence-corrected chi connectivity index (χ3v) is 3.88. The molecule has 0 unspecified atom stereocenters. The van der Waals surface area contributed by atoms with E-state index in [9.17, 15) is 4.79 Å². The Kier molecular flexibility index (Phi) is 7.87. The highest BCUT2D eigenvalue weighted by atomic mass is 32.1. The number of amides is 1. The summed E-state index contributed by atoms with van der Waals surface area (Å²) in [6, 6.07) is 0. The molecule has 0 spiro atoms. The lowest BCUT2D eigenvalue weighted by Crippen LogP contribution is -2.42. The summed E-state index contributed by atoms with van der Waals surface area (Å²) in [5.74, 6) is 1.28. The minimum absolute atomic E-state index is 0.00262. The lowest BCUT2D eigenvalue weighted by Gasteiger charge is -2.23. The monoisotopic (exact) mass is 325 g/mol. The fourth-order valence-electron chi connectivity index (χ4n) is 1.64. The first kappa shape index (κ1) is 18.4. The number of nitrogens with one attached hydrogen (secondary N) is 1. The molecule has 1 amide bonds. The second-order valence-electron chi connectivity index (χ2n) is 5.80. The predicted octanol–water partition coefficient (Wildman–Crippen LogP) is 1.31. The van der Waals surface area contributed by atoms with Crippen LogP contribution in [0.25, 0.3) is 0 Å². The number of aliphatic imine (C=N–C) groups is 1. The number of guanidine groups is 1. The average molecular weight is 325 g/mol. The van der Waals surface area contributed by atoms with Crippen molar-refractivity contribution in [1.82, 2.24) is 20.1 Å². The molecular weight excluding hydrogens is 298 g/mol. The molecule has 0 aliphatic heterocycles. The van der Waals surface area contributed by atoms with Crippen molar-refractivity contribution in [2.24, 2.45) is 10.9 Å². The molecule has 0 radical (unpaired) electrons. The molecule has 7 heteroatoms. The Bertz CT molecular complexity index is 470. The third-order valence-electron chi connectivity index (χ3n) is 3.04. The highest BCUT2D eigenvalue weighted by Gasteiger charge is 2.10. The maximum absolute atomic E-state index is 11.7. The smallest absolute Gasteiger partial charge is 0.243 e. The van der Waals surface area contributed by atoms with Gasteiger partial charge in [-0.05, 0) is 5.92 Å². The highest BCUT2D eigenvalue weighted by molar-refractivity contribution is 7.09. The van der Waals surface area contributed by atoms with Crippen molar-refractivity contribution in [1.29, 1.82) is 0 Å². The van der Waals surface area contributed by atoms with Crippen molar-refractivity contribution < 1.29 is 4.79 Å². The van der Waals surface area contributed by atoms with Gasteiger partial charge in [-0.2, -0.15) is 0 Å². The van der Waals surface area contributed by atoms with E-state index in [4.69, 9.17) is 0 Å². The normalized spacial score (nSPS) is 11.6. The van der Waals surface area contributed by atoms with Gasteiger partial charge < -0.3 is 15.1 Å². The van der Waals surface area contributed by atoms with E-state index in [0.717, 1.165) is 30.5 Å². The van der Waals surface area contributed by atoms with E-state index >= 15 is 0 Å². The molecule has 1 aromatic heterocycles. The van der Waals surface area contributed by atoms with Gasteiger partial charge in [0.2, 0.25) is 5.91 Å². The Hall–Kier alpha value is -1.63. The van der Waals surface area contributed by atoms with Crippen LogP contribution in [0.1, 0.15) is 18.9 Å². The molecule has 0 atom stereocenters. The van der Waals surface area contributed by atoms with Gasteiger partial charge in [0.25, 0.3) is 0 Å². The average Bonchev–Trinajstić information content (AvgIpc) is 2.97. The van der Waals surface area contributed by atoms with Gasteiger partial charge in [-0.3, -0.25) is 4.79 Å². The first-order chi connectivity index (χ1) is 10.4. The standard InChI is InChI=1S/C15H27N5OS/c1-12(2)10-17-15(18-11-14(21)19(3)4)20(5)8-6-13-16-7-9-22-13/h7,9,12H,6,8,10-11H2,1-5H3,(H,17,18). The van der Waals surface area contributed by atoms with Crippen LogP contribution in [0.3, 0.4) is 0 Å². The zero-order valence-electron chi connectivity index (χ0n) is 14.2. The van der Waals surface area contributed by atoms with Crippen molar-refractivity contribution in [2.75, 3.05) is 40.8 Å². The Morgan fingerprint density at radius 3 is 2.68 bits per heavy atom. The largest absolute Gasteiger partial charge is 0.356 e. The SMILES string of the molecule is CC(C)CNC(=NCC(=O)N(C)C)N(C)CCc1nccs1. The number of nitrogens with zero attached hydrogens (tertiary/aromatic N) is 4. The molecule has 1 heterocycles. The molecule has 0 saturated heterocycles. The van der Waals surface area contributed by atoms with Gasteiger partial charge in [0.05, 0.1) is 5.01 Å². The summed E-state index contributed by atoms with van der Waals surface area (Å²) in [7, 11) is 5.47. The Morgan fingerprint density at radius 1 is 1.41 bits per heavy atom. The number of hydrogen-bond donors (Lipinski definition) is 1. The number of thiazole rings is 1. The van der Waals surface area contributed by atoms with Gasteiger partial charge in [0, 0.05) is 52.2 Å². The molecule has 0 aliphatic rings. The van der Waals surface area contributed by atoms with Crippen molar-refractivity contribution in [3.8, 4) is 0 Å². The van der Waals surface area contributed by atoms with Crippen LogP contribution in [0.5, 0.6) is 0 Å². The van der Waals surface area contributed by atoms with Gasteiger partial charge >= 0.3 is 0 Å². The number of carbonyl (C=O) groups is 1. The Balaban J connectivity index is 2.61. The zero-order chi connectivity index (χ0) is 16.5. The van der Waals surface area contributed by atoms with Crippen LogP contribution in [0.2, 0.25) is 0 Å². The summed E-state index contributed by atoms with van der Waals surface area (Å²) in [6.45, 7) is 6.09. The van der Waals surface area contributed by atoms with Gasteiger partial charge in [-0.15, -0.1) is 11.3 Å². The minimum Gasteiger partial charge on any atom is -0.356 e. The van der Waals surface area contributed by atoms with Crippen LogP contribution in [0.4, 0.5) is 0 Å². The lowest BCUT2D eigenvalue weighted by atomic mass is 10.2. The van der Waals surface area contributed by atoms with Gasteiger partial charge in [-0.25, -0.2) is 9.98 Å². The Morgan fingerprint density at radius 2 is 2.14 bits per heavy atom. The van der Waals surface area contributed by atoms with Crippen LogP contribution < -0.4 is 5.32 Å². The topological polar surface area (TPSA) is 60.8 Å². The van der Waals surface area contributed by atoms with E-state index in [-0.39, 0.29) is 12.5 Å². The van der Waals surface area contributed by atoms with E-state index in [1.165, 1.54) is 0 Å². The van der Waals surface area contributed by atoms with Gasteiger partial charge in [0.15, 0.2) is 5.96 Å². The number of likely N-dealkylation sites (N-methyl/N-ethyl adjacent to an activating group) is 2. The fraction of sp³-hybridized carbons (Fsp3) is 0.667. The summed E-state index contributed by atoms with van der Waals surface area (Å²) < 4.78 is 0. The molecule has 0 aliphatic carbocycles. The van der Waals surface area contributed by atoms with Crippen LogP contribution in [-0.4, -0.2) is 67.4 Å². The van der Waals surface area contributed by atoms with E-state index in [2.05, 4.69) is 29.1 Å². The lowest BCUT2D eigenvalue weighted by molar-refractivity contribution is -0.127. The summed E-state index contributed by atoms with van der Waals surface area (Å²) in [5.41, 5.74) is 0. The molecule has 0 bridgehead atoms. The molecule has 6 nitrogen and oxygen atoms in total. The van der Waals surface area contributed by atoms with Crippen LogP contribution in [-0.2, 0) is 11.2 Å². The van der Waals surface area contributed by atoms with Crippen LogP contribution in [0, 0.1) is 5.92 Å². The van der Waals surface area contributed by atoms with Gasteiger partial charge in [0.1, 0.15) is 6.54 Å². The second kappa shape index (κ2) is 9.40. The molecule has 124 valence electrons. The molecule has 0 saturated carbocycles. The van der Waals surface area contributed by atoms with Crippen LogP contribution in [0.15, 0.2) is 16.6 Å². The first-order valence-electron chi connectivity index (χ1n) is 7.48. The molecule has 22 heavy (non-hydrogen) atoms. The quantitative estimate of drug-likeness (QED) is 0.606. The minimum atomic E-state index is -0.00262.